The van der Waals surface area contributed by atoms with Gasteiger partial charge in [0, 0.05) is 29.2 Å². The Labute approximate surface area is 192 Å². The number of fused-ring (bicyclic) bond motifs is 1. The number of ketones is 1. The van der Waals surface area contributed by atoms with Crippen LogP contribution < -0.4 is 10.1 Å². The third-order valence-corrected chi connectivity index (χ3v) is 6.31. The molecule has 0 bridgehead atoms. The van der Waals surface area contributed by atoms with Crippen LogP contribution in [0.1, 0.15) is 36.0 Å². The van der Waals surface area contributed by atoms with E-state index in [1.165, 1.54) is 12.1 Å². The average Bonchev–Trinajstić information content (AvgIpc) is 3.06. The highest BCUT2D eigenvalue weighted by molar-refractivity contribution is 6.11. The van der Waals surface area contributed by atoms with E-state index in [1.54, 1.807) is 18.3 Å². The standard InChI is InChI=1S/C24H20F2N4O4/c25-24(26)11-9-23(10-12-24)21(32)30(22(33)28-23)14-19(31)15-5-7-17(8-6-15)34-20-18-4-2-1-3-16(18)13-27-29-20/h1-8,13H,9-12,14H2,(H,28,33). The number of hydrogen-bond acceptors (Lipinski definition) is 6. The van der Waals surface area contributed by atoms with E-state index in [9.17, 15) is 23.2 Å². The van der Waals surface area contributed by atoms with Crippen molar-refractivity contribution >= 4 is 28.5 Å². The van der Waals surface area contributed by atoms with Gasteiger partial charge in [0.25, 0.3) is 5.91 Å². The molecule has 0 radical (unpaired) electrons. The summed E-state index contributed by atoms with van der Waals surface area (Å²) < 4.78 is 32.9. The number of alkyl halides is 2. The zero-order valence-electron chi connectivity index (χ0n) is 18.0. The maximum absolute atomic E-state index is 13.5. The Morgan fingerprint density at radius 3 is 2.47 bits per heavy atom. The fourth-order valence-corrected chi connectivity index (χ4v) is 4.33. The number of benzene rings is 2. The molecule has 1 N–H and O–H groups in total. The van der Waals surface area contributed by atoms with Gasteiger partial charge in [0.05, 0.1) is 12.7 Å². The second kappa shape index (κ2) is 8.12. The Balaban J connectivity index is 1.27. The number of Topliss-reactive ketones (excluding diaryl/α,β-unsaturated/α-hetero) is 1. The zero-order valence-corrected chi connectivity index (χ0v) is 18.0. The van der Waals surface area contributed by atoms with E-state index in [2.05, 4.69) is 15.5 Å². The highest BCUT2D eigenvalue weighted by Crippen LogP contribution is 2.41. The first-order chi connectivity index (χ1) is 16.3. The van der Waals surface area contributed by atoms with Gasteiger partial charge in [0.15, 0.2) is 5.78 Å². The minimum absolute atomic E-state index is 0.154. The normalized spacial score (nSPS) is 18.8. The van der Waals surface area contributed by atoms with Crippen molar-refractivity contribution in [3.05, 3.63) is 60.3 Å². The second-order valence-corrected chi connectivity index (χ2v) is 8.55. The molecule has 1 aliphatic carbocycles. The first kappa shape index (κ1) is 21.9. The molecule has 2 heterocycles. The number of nitrogens with zero attached hydrogens (tertiary/aromatic N) is 3. The molecular formula is C24H20F2N4O4. The quantitative estimate of drug-likeness (QED) is 0.449. The summed E-state index contributed by atoms with van der Waals surface area (Å²) in [5.74, 6) is -3.19. The number of carbonyl (C=O) groups excluding carboxylic acids is 3. The number of amides is 3. The largest absolute Gasteiger partial charge is 0.437 e. The highest BCUT2D eigenvalue weighted by Gasteiger charge is 2.55. The number of halogens is 2. The lowest BCUT2D eigenvalue weighted by Gasteiger charge is -2.34. The van der Waals surface area contributed by atoms with Gasteiger partial charge in [-0.3, -0.25) is 14.5 Å². The molecule has 3 amide bonds. The molecule has 2 aliphatic rings. The first-order valence-corrected chi connectivity index (χ1v) is 10.8. The molecule has 174 valence electrons. The molecule has 1 aromatic heterocycles. The smallest absolute Gasteiger partial charge is 0.325 e. The Morgan fingerprint density at radius 1 is 1.03 bits per heavy atom. The fourth-order valence-electron chi connectivity index (χ4n) is 4.33. The molecule has 3 aromatic rings. The van der Waals surface area contributed by atoms with Gasteiger partial charge < -0.3 is 10.1 Å². The Kier molecular flexibility index (Phi) is 5.22. The van der Waals surface area contributed by atoms with Crippen molar-refractivity contribution in [3.63, 3.8) is 0 Å². The van der Waals surface area contributed by atoms with Gasteiger partial charge in [-0.15, -0.1) is 5.10 Å². The number of ether oxygens (including phenoxy) is 1. The lowest BCUT2D eigenvalue weighted by atomic mass is 9.80. The molecule has 5 rings (SSSR count). The summed E-state index contributed by atoms with van der Waals surface area (Å²) in [5, 5.41) is 12.1. The third kappa shape index (κ3) is 3.95. The maximum Gasteiger partial charge on any atom is 0.325 e. The predicted octanol–water partition coefficient (Wildman–Crippen LogP) is 4.10. The summed E-state index contributed by atoms with van der Waals surface area (Å²) in [6.45, 7) is -0.474. The minimum Gasteiger partial charge on any atom is -0.437 e. The van der Waals surface area contributed by atoms with Crippen LogP contribution in [0.5, 0.6) is 11.6 Å². The molecule has 0 unspecified atom stereocenters. The summed E-state index contributed by atoms with van der Waals surface area (Å²) in [5.41, 5.74) is -1.08. The van der Waals surface area contributed by atoms with Crippen LogP contribution in [-0.2, 0) is 4.79 Å². The summed E-state index contributed by atoms with van der Waals surface area (Å²) in [6, 6.07) is 12.9. The number of hydrogen-bond donors (Lipinski definition) is 1. The van der Waals surface area contributed by atoms with Gasteiger partial charge in [-0.2, -0.15) is 5.10 Å². The number of rotatable bonds is 5. The number of urea groups is 1. The molecule has 1 saturated carbocycles. The number of nitrogens with one attached hydrogen (secondary N) is 1. The first-order valence-electron chi connectivity index (χ1n) is 10.8. The molecule has 8 nitrogen and oxygen atoms in total. The molecule has 2 fully saturated rings. The topological polar surface area (TPSA) is 101 Å². The maximum atomic E-state index is 13.5. The van der Waals surface area contributed by atoms with E-state index in [-0.39, 0.29) is 18.4 Å². The van der Waals surface area contributed by atoms with E-state index in [0.717, 1.165) is 15.7 Å². The lowest BCUT2D eigenvalue weighted by Crippen LogP contribution is -2.51. The van der Waals surface area contributed by atoms with Crippen molar-refractivity contribution in [2.45, 2.75) is 37.1 Å². The van der Waals surface area contributed by atoms with Crippen LogP contribution in [0.3, 0.4) is 0 Å². The summed E-state index contributed by atoms with van der Waals surface area (Å²) in [6.07, 6.45) is 0.353. The van der Waals surface area contributed by atoms with E-state index < -0.39 is 48.6 Å². The van der Waals surface area contributed by atoms with Gasteiger partial charge in [-0.25, -0.2) is 13.6 Å². The van der Waals surface area contributed by atoms with Gasteiger partial charge in [0.2, 0.25) is 11.8 Å². The van der Waals surface area contributed by atoms with Crippen molar-refractivity contribution in [2.75, 3.05) is 6.54 Å². The van der Waals surface area contributed by atoms with E-state index in [0.29, 0.717) is 11.6 Å². The number of imide groups is 1. The van der Waals surface area contributed by atoms with Gasteiger partial charge in [-0.1, -0.05) is 18.2 Å². The van der Waals surface area contributed by atoms with Crippen molar-refractivity contribution in [3.8, 4) is 11.6 Å². The number of aromatic nitrogens is 2. The van der Waals surface area contributed by atoms with Crippen LogP contribution in [0, 0.1) is 0 Å². The van der Waals surface area contributed by atoms with Crippen molar-refractivity contribution in [1.29, 1.82) is 0 Å². The van der Waals surface area contributed by atoms with Crippen LogP contribution in [0.2, 0.25) is 0 Å². The van der Waals surface area contributed by atoms with Crippen molar-refractivity contribution < 1.29 is 27.9 Å². The molecule has 1 aliphatic heterocycles. The third-order valence-electron chi connectivity index (χ3n) is 6.31. The van der Waals surface area contributed by atoms with Crippen LogP contribution in [0.15, 0.2) is 54.7 Å². The molecule has 0 atom stereocenters. The van der Waals surface area contributed by atoms with Crippen LogP contribution in [0.25, 0.3) is 10.8 Å². The van der Waals surface area contributed by atoms with E-state index in [4.69, 9.17) is 4.74 Å². The lowest BCUT2D eigenvalue weighted by molar-refractivity contribution is -0.135. The van der Waals surface area contributed by atoms with Gasteiger partial charge in [0.1, 0.15) is 11.3 Å². The van der Waals surface area contributed by atoms with Crippen molar-refractivity contribution in [1.82, 2.24) is 20.4 Å². The fraction of sp³-hybridized carbons (Fsp3) is 0.292. The second-order valence-electron chi connectivity index (χ2n) is 8.55. The SMILES string of the molecule is O=C(CN1C(=O)NC2(CCC(F)(F)CC2)C1=O)c1ccc(Oc2nncc3ccccc23)cc1. The van der Waals surface area contributed by atoms with Crippen LogP contribution in [-0.4, -0.2) is 50.8 Å². The Morgan fingerprint density at radius 2 is 1.74 bits per heavy atom. The molecule has 1 spiro atoms. The average molecular weight is 466 g/mol. The summed E-state index contributed by atoms with van der Waals surface area (Å²) in [7, 11) is 0. The minimum atomic E-state index is -2.85. The molecule has 34 heavy (non-hydrogen) atoms. The molecule has 1 saturated heterocycles. The van der Waals surface area contributed by atoms with Gasteiger partial charge in [-0.05, 0) is 43.2 Å². The summed E-state index contributed by atoms with van der Waals surface area (Å²) in [4.78, 5) is 38.8. The Bertz CT molecular complexity index is 1280. The number of carbonyl (C=O) groups is 3. The predicted molar refractivity (Wildman–Crippen MR) is 117 cm³/mol. The Hall–Kier alpha value is -3.95. The van der Waals surface area contributed by atoms with Gasteiger partial charge >= 0.3 is 6.03 Å². The van der Waals surface area contributed by atoms with Crippen molar-refractivity contribution in [2.24, 2.45) is 0 Å². The highest BCUT2D eigenvalue weighted by atomic mass is 19.3. The van der Waals surface area contributed by atoms with E-state index in [1.807, 2.05) is 24.3 Å². The monoisotopic (exact) mass is 466 g/mol. The van der Waals surface area contributed by atoms with Crippen LogP contribution in [0.4, 0.5) is 13.6 Å². The zero-order chi connectivity index (χ0) is 23.9. The molecule has 10 heteroatoms. The van der Waals surface area contributed by atoms with Crippen LogP contribution >= 0.6 is 0 Å². The molecular weight excluding hydrogens is 446 g/mol. The summed E-state index contributed by atoms with van der Waals surface area (Å²) >= 11 is 0. The molecule has 2 aromatic carbocycles. The van der Waals surface area contributed by atoms with E-state index >= 15 is 0 Å².